The first-order valence-electron chi connectivity index (χ1n) is 7.04. The number of alkyl carbamates (subject to hydrolysis) is 1. The fourth-order valence-electron chi connectivity index (χ4n) is 1.85. The van der Waals surface area contributed by atoms with Crippen molar-refractivity contribution in [1.29, 1.82) is 0 Å². The summed E-state index contributed by atoms with van der Waals surface area (Å²) in [6.45, 7) is 4.76. The normalized spacial score (nSPS) is 32.6. The van der Waals surface area contributed by atoms with Crippen LogP contribution in [-0.2, 0) is 14.2 Å². The summed E-state index contributed by atoms with van der Waals surface area (Å²) in [6, 6.07) is 0. The highest BCUT2D eigenvalue weighted by Crippen LogP contribution is 2.21. The zero-order valence-corrected chi connectivity index (χ0v) is 12.9. The highest BCUT2D eigenvalue weighted by Gasteiger charge is 2.43. The minimum atomic E-state index is -1.49. The molecule has 1 heterocycles. The standard InChI is InChI=1S/C13H25NO8/c1-13(2,3)22-12(19)14-4-5-20-11-10(18)9(17)8(16)7(6-15)21-11/h7-11,15-18H,4-6H2,1-3H3,(H,14,19)/t7-,8+,9+,10-,11-/m1/s1. The lowest BCUT2D eigenvalue weighted by Crippen LogP contribution is -2.59. The average Bonchev–Trinajstić information content (AvgIpc) is 2.41. The summed E-state index contributed by atoms with van der Waals surface area (Å²) in [5, 5.41) is 40.4. The molecule has 0 aromatic heterocycles. The molecular formula is C13H25NO8. The van der Waals surface area contributed by atoms with Crippen LogP contribution in [0.1, 0.15) is 20.8 Å². The van der Waals surface area contributed by atoms with Gasteiger partial charge in [0.05, 0.1) is 13.2 Å². The van der Waals surface area contributed by atoms with Gasteiger partial charge >= 0.3 is 6.09 Å². The van der Waals surface area contributed by atoms with Crippen molar-refractivity contribution in [3.8, 4) is 0 Å². The average molecular weight is 323 g/mol. The molecule has 0 spiro atoms. The maximum absolute atomic E-state index is 11.4. The van der Waals surface area contributed by atoms with Gasteiger partial charge in [-0.25, -0.2) is 4.79 Å². The van der Waals surface area contributed by atoms with Gasteiger partial charge in [-0.1, -0.05) is 0 Å². The summed E-state index contributed by atoms with van der Waals surface area (Å²) in [4.78, 5) is 11.4. The third-order valence-corrected chi connectivity index (χ3v) is 2.90. The lowest BCUT2D eigenvalue weighted by molar-refractivity contribution is -0.300. The predicted octanol–water partition coefficient (Wildman–Crippen LogP) is -1.67. The molecule has 1 aliphatic rings. The molecule has 0 aliphatic carbocycles. The summed E-state index contributed by atoms with van der Waals surface area (Å²) in [7, 11) is 0. The van der Waals surface area contributed by atoms with E-state index in [1.54, 1.807) is 20.8 Å². The number of aliphatic hydroxyl groups excluding tert-OH is 4. The number of rotatable bonds is 5. The Labute approximate surface area is 128 Å². The van der Waals surface area contributed by atoms with Crippen LogP contribution in [0.4, 0.5) is 4.79 Å². The maximum Gasteiger partial charge on any atom is 0.407 e. The number of carbonyl (C=O) groups excluding carboxylic acids is 1. The van der Waals surface area contributed by atoms with Crippen molar-refractivity contribution in [2.24, 2.45) is 0 Å². The Morgan fingerprint density at radius 3 is 2.36 bits per heavy atom. The minimum Gasteiger partial charge on any atom is -0.444 e. The van der Waals surface area contributed by atoms with Gasteiger partial charge in [0.15, 0.2) is 6.29 Å². The van der Waals surface area contributed by atoms with E-state index in [2.05, 4.69) is 5.32 Å². The zero-order valence-electron chi connectivity index (χ0n) is 12.9. The molecule has 9 heteroatoms. The number of hydrogen-bond acceptors (Lipinski definition) is 8. The van der Waals surface area contributed by atoms with Crippen molar-refractivity contribution in [2.75, 3.05) is 19.8 Å². The molecule has 9 nitrogen and oxygen atoms in total. The van der Waals surface area contributed by atoms with Gasteiger partial charge in [-0.2, -0.15) is 0 Å². The van der Waals surface area contributed by atoms with Crippen LogP contribution in [0.5, 0.6) is 0 Å². The molecule has 1 rings (SSSR count). The van der Waals surface area contributed by atoms with Crippen molar-refractivity contribution >= 4 is 6.09 Å². The predicted molar refractivity (Wildman–Crippen MR) is 74.0 cm³/mol. The number of nitrogens with one attached hydrogen (secondary N) is 1. The second kappa shape index (κ2) is 8.04. The van der Waals surface area contributed by atoms with Gasteiger partial charge in [-0.3, -0.25) is 0 Å². The van der Waals surface area contributed by atoms with Gasteiger partial charge in [0.25, 0.3) is 0 Å². The SMILES string of the molecule is CC(C)(C)OC(=O)NCCO[C@@H]1O[C@H](CO)[C@H](O)[C@H](O)[C@H]1O. The number of ether oxygens (including phenoxy) is 3. The first-order valence-corrected chi connectivity index (χ1v) is 7.04. The Kier molecular flexibility index (Phi) is 6.98. The van der Waals surface area contributed by atoms with Crippen molar-refractivity contribution in [2.45, 2.75) is 57.1 Å². The Morgan fingerprint density at radius 2 is 1.82 bits per heavy atom. The van der Waals surface area contributed by atoms with Crippen LogP contribution in [0.3, 0.4) is 0 Å². The van der Waals surface area contributed by atoms with E-state index >= 15 is 0 Å². The lowest BCUT2D eigenvalue weighted by Gasteiger charge is -2.39. The lowest BCUT2D eigenvalue weighted by atomic mass is 9.99. The summed E-state index contributed by atoms with van der Waals surface area (Å²) < 4.78 is 15.4. The van der Waals surface area contributed by atoms with Gasteiger partial charge in [0.1, 0.15) is 30.0 Å². The van der Waals surface area contributed by atoms with Gasteiger partial charge in [-0.15, -0.1) is 0 Å². The van der Waals surface area contributed by atoms with Crippen LogP contribution in [-0.4, -0.2) is 82.6 Å². The minimum absolute atomic E-state index is 0.0120. The van der Waals surface area contributed by atoms with E-state index in [0.29, 0.717) is 0 Å². The molecule has 0 aromatic carbocycles. The van der Waals surface area contributed by atoms with E-state index in [0.717, 1.165) is 0 Å². The van der Waals surface area contributed by atoms with Gasteiger partial charge < -0.3 is 40.0 Å². The van der Waals surface area contributed by atoms with Crippen LogP contribution >= 0.6 is 0 Å². The van der Waals surface area contributed by atoms with Crippen LogP contribution in [0.25, 0.3) is 0 Å². The fraction of sp³-hybridized carbons (Fsp3) is 0.923. The molecule has 0 radical (unpaired) electrons. The van der Waals surface area contributed by atoms with E-state index in [4.69, 9.17) is 19.3 Å². The zero-order chi connectivity index (χ0) is 16.9. The Bertz CT molecular complexity index is 356. The first-order chi connectivity index (χ1) is 10.2. The van der Waals surface area contributed by atoms with E-state index in [9.17, 15) is 20.1 Å². The van der Waals surface area contributed by atoms with E-state index in [-0.39, 0.29) is 13.2 Å². The summed E-state index contributed by atoms with van der Waals surface area (Å²) in [5.41, 5.74) is -0.609. The van der Waals surface area contributed by atoms with Crippen LogP contribution in [0, 0.1) is 0 Å². The Balaban J connectivity index is 2.33. The monoisotopic (exact) mass is 323 g/mol. The second-order valence-electron chi connectivity index (χ2n) is 6.00. The van der Waals surface area contributed by atoms with E-state index in [1.807, 2.05) is 0 Å². The third kappa shape index (κ3) is 5.67. The van der Waals surface area contributed by atoms with Crippen molar-refractivity contribution in [1.82, 2.24) is 5.32 Å². The topological polar surface area (TPSA) is 138 Å². The van der Waals surface area contributed by atoms with Crippen molar-refractivity contribution in [3.05, 3.63) is 0 Å². The highest BCUT2D eigenvalue weighted by atomic mass is 16.7. The number of aliphatic hydroxyl groups is 4. The van der Waals surface area contributed by atoms with Crippen molar-refractivity contribution < 1.29 is 39.4 Å². The molecule has 1 fully saturated rings. The van der Waals surface area contributed by atoms with Crippen LogP contribution in [0.2, 0.25) is 0 Å². The van der Waals surface area contributed by atoms with Crippen LogP contribution < -0.4 is 5.32 Å². The van der Waals surface area contributed by atoms with Crippen molar-refractivity contribution in [3.63, 3.8) is 0 Å². The number of carbonyl (C=O) groups is 1. The van der Waals surface area contributed by atoms with Gasteiger partial charge in [0.2, 0.25) is 0 Å². The molecule has 5 atom stereocenters. The smallest absolute Gasteiger partial charge is 0.407 e. The third-order valence-electron chi connectivity index (χ3n) is 2.90. The molecular weight excluding hydrogens is 298 g/mol. The first kappa shape index (κ1) is 19.1. The summed E-state index contributed by atoms with van der Waals surface area (Å²) in [5.74, 6) is 0. The number of amides is 1. The molecule has 1 amide bonds. The summed E-state index contributed by atoms with van der Waals surface area (Å²) >= 11 is 0. The van der Waals surface area contributed by atoms with Gasteiger partial charge in [0, 0.05) is 6.54 Å². The maximum atomic E-state index is 11.4. The van der Waals surface area contributed by atoms with Gasteiger partial charge in [-0.05, 0) is 20.8 Å². The summed E-state index contributed by atoms with van der Waals surface area (Å²) in [6.07, 6.45) is -7.23. The molecule has 0 bridgehead atoms. The van der Waals surface area contributed by atoms with E-state index < -0.39 is 49.0 Å². The van der Waals surface area contributed by atoms with E-state index in [1.165, 1.54) is 0 Å². The fourth-order valence-corrected chi connectivity index (χ4v) is 1.85. The molecule has 130 valence electrons. The Hall–Kier alpha value is -0.970. The van der Waals surface area contributed by atoms with Crippen LogP contribution in [0.15, 0.2) is 0 Å². The largest absolute Gasteiger partial charge is 0.444 e. The molecule has 0 saturated carbocycles. The molecule has 1 aliphatic heterocycles. The molecule has 0 unspecified atom stereocenters. The molecule has 0 aromatic rings. The quantitative estimate of drug-likeness (QED) is 0.379. The highest BCUT2D eigenvalue weighted by molar-refractivity contribution is 5.67. The Morgan fingerprint density at radius 1 is 1.18 bits per heavy atom. The molecule has 1 saturated heterocycles. The number of hydrogen-bond donors (Lipinski definition) is 5. The molecule has 5 N–H and O–H groups in total. The second-order valence-corrected chi connectivity index (χ2v) is 6.00. The molecule has 22 heavy (non-hydrogen) atoms.